The van der Waals surface area contributed by atoms with Crippen molar-refractivity contribution >= 4 is 28.5 Å². The summed E-state index contributed by atoms with van der Waals surface area (Å²) in [6.45, 7) is 4.02. The number of nitrogens with zero attached hydrogens (tertiary/aromatic N) is 1. The summed E-state index contributed by atoms with van der Waals surface area (Å²) in [5, 5.41) is 0.864. The van der Waals surface area contributed by atoms with Gasteiger partial charge < -0.3 is 21.2 Å². The highest BCUT2D eigenvalue weighted by Crippen LogP contribution is 2.26. The summed E-state index contributed by atoms with van der Waals surface area (Å²) in [5.41, 5.74) is 13.6. The first-order valence-corrected chi connectivity index (χ1v) is 5.91. The van der Waals surface area contributed by atoms with E-state index in [4.69, 9.17) is 16.2 Å². The molecule has 5 N–H and O–H groups in total. The molecule has 0 aliphatic carbocycles. The van der Waals surface area contributed by atoms with Crippen LogP contribution >= 0.6 is 0 Å². The average molecular weight is 260 g/mol. The molecule has 0 fully saturated rings. The van der Waals surface area contributed by atoms with Crippen LogP contribution in [0.4, 0.5) is 5.69 Å². The number of aryl methyl sites for hydroxylation is 1. The second-order valence-electron chi connectivity index (χ2n) is 4.17. The molecule has 0 aliphatic heterocycles. The molecule has 0 unspecified atom stereocenters. The monoisotopic (exact) mass is 260 g/mol. The Morgan fingerprint density at radius 3 is 2.74 bits per heavy atom. The van der Waals surface area contributed by atoms with Gasteiger partial charge in [0.2, 0.25) is 0 Å². The third-order valence-corrected chi connectivity index (χ3v) is 2.66. The zero-order chi connectivity index (χ0) is 14.0. The van der Waals surface area contributed by atoms with Gasteiger partial charge in [0.25, 0.3) is 0 Å². The lowest BCUT2D eigenvalue weighted by molar-refractivity contribution is 0.0520. The lowest BCUT2D eigenvalue weighted by atomic mass is 10.1. The highest BCUT2D eigenvalue weighted by atomic mass is 16.5. The highest BCUT2D eigenvalue weighted by molar-refractivity contribution is 5.97. The number of fused-ring (bicyclic) bond motifs is 1. The van der Waals surface area contributed by atoms with Gasteiger partial charge in [-0.3, -0.25) is 0 Å². The fourth-order valence-corrected chi connectivity index (χ4v) is 1.94. The fraction of sp³-hybridized carbons (Fsp3) is 0.231. The van der Waals surface area contributed by atoms with Crippen LogP contribution in [0.2, 0.25) is 0 Å². The van der Waals surface area contributed by atoms with Gasteiger partial charge >= 0.3 is 5.97 Å². The smallest absolute Gasteiger partial charge is 0.354 e. The highest BCUT2D eigenvalue weighted by Gasteiger charge is 2.12. The predicted octanol–water partition coefficient (Wildman–Crippen LogP) is 1.56. The summed E-state index contributed by atoms with van der Waals surface area (Å²) in [4.78, 5) is 18.7. The number of H-pyrrole nitrogens is 1. The number of rotatable bonds is 3. The van der Waals surface area contributed by atoms with E-state index < -0.39 is 0 Å². The molecule has 2 aromatic rings. The molecule has 0 amide bonds. The first-order chi connectivity index (χ1) is 9.01. The minimum atomic E-state index is -0.374. The van der Waals surface area contributed by atoms with Crippen molar-refractivity contribution in [2.45, 2.75) is 13.8 Å². The van der Waals surface area contributed by atoms with E-state index >= 15 is 0 Å². The Hall–Kier alpha value is -2.50. The SMILES string of the molecule is CCOC(=O)c1cc2cc(N=C(N)N)cc(C)c2[nH]1. The number of nitrogens with one attached hydrogen (secondary N) is 1. The van der Waals surface area contributed by atoms with Crippen LogP contribution in [-0.2, 0) is 4.74 Å². The summed E-state index contributed by atoms with van der Waals surface area (Å²) in [6, 6.07) is 5.38. The number of aromatic amines is 1. The summed E-state index contributed by atoms with van der Waals surface area (Å²) in [6.07, 6.45) is 0. The maximum Gasteiger partial charge on any atom is 0.354 e. The molecular formula is C13H16N4O2. The van der Waals surface area contributed by atoms with E-state index in [1.807, 2.05) is 13.0 Å². The van der Waals surface area contributed by atoms with Crippen molar-refractivity contribution in [3.63, 3.8) is 0 Å². The van der Waals surface area contributed by atoms with E-state index in [1.165, 1.54) is 0 Å². The van der Waals surface area contributed by atoms with Gasteiger partial charge in [-0.15, -0.1) is 0 Å². The molecule has 0 atom stereocenters. The zero-order valence-electron chi connectivity index (χ0n) is 10.9. The summed E-state index contributed by atoms with van der Waals surface area (Å²) in [7, 11) is 0. The molecule has 0 saturated carbocycles. The van der Waals surface area contributed by atoms with Crippen molar-refractivity contribution in [1.82, 2.24) is 4.98 Å². The minimum absolute atomic E-state index is 0.0000908. The van der Waals surface area contributed by atoms with Gasteiger partial charge in [-0.1, -0.05) is 0 Å². The summed E-state index contributed by atoms with van der Waals surface area (Å²) >= 11 is 0. The number of benzene rings is 1. The Morgan fingerprint density at radius 1 is 1.37 bits per heavy atom. The molecule has 1 aromatic heterocycles. The molecule has 0 spiro atoms. The van der Waals surface area contributed by atoms with Gasteiger partial charge in [-0.05, 0) is 37.6 Å². The van der Waals surface area contributed by atoms with Crippen LogP contribution in [-0.4, -0.2) is 23.5 Å². The van der Waals surface area contributed by atoms with Gasteiger partial charge in [-0.25, -0.2) is 9.79 Å². The Balaban J connectivity index is 2.50. The number of carbonyl (C=O) groups is 1. The van der Waals surface area contributed by atoms with E-state index in [0.29, 0.717) is 18.0 Å². The van der Waals surface area contributed by atoms with Crippen LogP contribution in [0.25, 0.3) is 10.9 Å². The number of hydrogen-bond donors (Lipinski definition) is 3. The van der Waals surface area contributed by atoms with Crippen LogP contribution in [0, 0.1) is 6.92 Å². The van der Waals surface area contributed by atoms with Crippen LogP contribution in [0.3, 0.4) is 0 Å². The van der Waals surface area contributed by atoms with Crippen molar-refractivity contribution in [2.75, 3.05) is 6.61 Å². The second kappa shape index (κ2) is 5.01. The first-order valence-electron chi connectivity index (χ1n) is 5.91. The molecule has 2 rings (SSSR count). The molecule has 100 valence electrons. The molecule has 1 heterocycles. The quantitative estimate of drug-likeness (QED) is 0.442. The number of carbonyl (C=O) groups excluding carboxylic acids is 1. The maximum absolute atomic E-state index is 11.7. The standard InChI is InChI=1S/C13H16N4O2/c1-3-19-12(18)10-6-8-5-9(16-13(14)15)4-7(2)11(8)17-10/h4-6,17H,3H2,1-2H3,(H4,14,15,16). The Kier molecular flexibility index (Phi) is 3.41. The van der Waals surface area contributed by atoms with E-state index in [-0.39, 0.29) is 11.9 Å². The Bertz CT molecular complexity index is 654. The minimum Gasteiger partial charge on any atom is -0.461 e. The maximum atomic E-state index is 11.7. The summed E-state index contributed by atoms with van der Waals surface area (Å²) < 4.78 is 4.95. The average Bonchev–Trinajstić information content (AvgIpc) is 2.72. The van der Waals surface area contributed by atoms with Crippen LogP contribution in [0.1, 0.15) is 23.0 Å². The number of nitrogens with two attached hydrogens (primary N) is 2. The van der Waals surface area contributed by atoms with Crippen molar-refractivity contribution in [3.05, 3.63) is 29.5 Å². The number of hydrogen-bond acceptors (Lipinski definition) is 3. The fourth-order valence-electron chi connectivity index (χ4n) is 1.94. The molecule has 0 bridgehead atoms. The van der Waals surface area contributed by atoms with Crippen LogP contribution < -0.4 is 11.5 Å². The van der Waals surface area contributed by atoms with Gasteiger partial charge in [-0.2, -0.15) is 0 Å². The van der Waals surface area contributed by atoms with Crippen LogP contribution in [0.15, 0.2) is 23.2 Å². The molecule has 6 nitrogen and oxygen atoms in total. The molecule has 0 aliphatic rings. The van der Waals surface area contributed by atoms with Crippen molar-refractivity contribution < 1.29 is 9.53 Å². The van der Waals surface area contributed by atoms with Crippen molar-refractivity contribution in [1.29, 1.82) is 0 Å². The Labute approximate surface area is 110 Å². The largest absolute Gasteiger partial charge is 0.461 e. The predicted molar refractivity (Wildman–Crippen MR) is 74.5 cm³/mol. The zero-order valence-corrected chi connectivity index (χ0v) is 10.9. The number of aliphatic imine (C=N–C) groups is 1. The number of ether oxygens (including phenoxy) is 1. The molecule has 1 aromatic carbocycles. The first kappa shape index (κ1) is 12.9. The van der Waals surface area contributed by atoms with E-state index in [0.717, 1.165) is 16.5 Å². The lowest BCUT2D eigenvalue weighted by Crippen LogP contribution is -2.21. The molecule has 6 heteroatoms. The normalized spacial score (nSPS) is 10.4. The molecule has 0 saturated heterocycles. The van der Waals surface area contributed by atoms with E-state index in [2.05, 4.69) is 9.98 Å². The third-order valence-electron chi connectivity index (χ3n) is 2.66. The number of aromatic nitrogens is 1. The van der Waals surface area contributed by atoms with Gasteiger partial charge in [0, 0.05) is 10.9 Å². The Morgan fingerprint density at radius 2 is 2.11 bits per heavy atom. The van der Waals surface area contributed by atoms with Gasteiger partial charge in [0.15, 0.2) is 5.96 Å². The lowest BCUT2D eigenvalue weighted by Gasteiger charge is -2.00. The summed E-state index contributed by atoms with van der Waals surface area (Å²) in [5.74, 6) is -0.374. The van der Waals surface area contributed by atoms with Crippen molar-refractivity contribution in [3.8, 4) is 0 Å². The van der Waals surface area contributed by atoms with E-state index in [9.17, 15) is 4.79 Å². The van der Waals surface area contributed by atoms with Gasteiger partial charge in [0.05, 0.1) is 12.3 Å². The van der Waals surface area contributed by atoms with E-state index in [1.54, 1.807) is 19.1 Å². The van der Waals surface area contributed by atoms with Crippen LogP contribution in [0.5, 0.6) is 0 Å². The van der Waals surface area contributed by atoms with Gasteiger partial charge in [0.1, 0.15) is 5.69 Å². The van der Waals surface area contributed by atoms with Crippen molar-refractivity contribution in [2.24, 2.45) is 16.5 Å². The third kappa shape index (κ3) is 2.67. The second-order valence-corrected chi connectivity index (χ2v) is 4.17. The molecular weight excluding hydrogens is 244 g/mol. The number of esters is 1. The number of guanidine groups is 1. The topological polar surface area (TPSA) is 106 Å². The molecule has 19 heavy (non-hydrogen) atoms. The molecule has 0 radical (unpaired) electrons.